The standard InChI is InChI=1S/C18H32N2O2SSi.C10H14N2O.C7H18ClNOSSi.C6H15N.CHCl3/c1-18(2,3)24(5,6)20-23(4,22)19-15-11-10-14-17(21)16-12-8-7-9-13-16;11-6-7-12-8-10(13)9-4-2-1-3-5-9;1-7(2,3)12(5,6)9-11(4,8)10;1-4-7(5-2)6-3;2-1(3)4/h7-9,12-13H,10-11,14-15H2,1-6H3,(H,19,20,22);1-5,12H,6-8,11H2;1-6H3;4-6H2,1-3H3;1H. The molecule has 4 N–H and O–H groups in total. The van der Waals surface area contributed by atoms with Gasteiger partial charge < -0.3 is 16.0 Å². The zero-order valence-electron chi connectivity index (χ0n) is 39.3. The lowest BCUT2D eigenvalue weighted by atomic mass is 10.1. The number of hydrogen-bond acceptors (Lipinski definition) is 9. The highest BCUT2D eigenvalue weighted by atomic mass is 35.7. The van der Waals surface area contributed by atoms with Gasteiger partial charge in [0.15, 0.2) is 32.3 Å². The summed E-state index contributed by atoms with van der Waals surface area (Å²) >= 11 is 14.4. The van der Waals surface area contributed by atoms with E-state index >= 15 is 0 Å². The van der Waals surface area contributed by atoms with Crippen molar-refractivity contribution in [1.29, 1.82) is 0 Å². The molecule has 0 aromatic heterocycles. The van der Waals surface area contributed by atoms with E-state index in [1.165, 1.54) is 25.9 Å². The third kappa shape index (κ3) is 33.6. The molecular weight excluding hydrogens is 915 g/mol. The molecule has 0 spiro atoms. The summed E-state index contributed by atoms with van der Waals surface area (Å²) in [6.07, 6.45) is 5.29. The van der Waals surface area contributed by atoms with Gasteiger partial charge in [-0.05, 0) is 79.4 Å². The number of carbonyl (C=O) groups excluding carboxylic acids is 2. The Bertz CT molecular complexity index is 1690. The lowest BCUT2D eigenvalue weighted by Gasteiger charge is -2.33. The van der Waals surface area contributed by atoms with E-state index in [2.05, 4.69) is 111 Å². The van der Waals surface area contributed by atoms with Crippen LogP contribution >= 0.6 is 45.5 Å². The summed E-state index contributed by atoms with van der Waals surface area (Å²) in [5, 5.41) is 3.15. The van der Waals surface area contributed by atoms with Gasteiger partial charge in [0.25, 0.3) is 0 Å². The van der Waals surface area contributed by atoms with Crippen LogP contribution in [0.4, 0.5) is 0 Å². The number of nitrogens with two attached hydrogens (primary N) is 1. The number of nitrogens with zero attached hydrogens (tertiary/aromatic N) is 3. The van der Waals surface area contributed by atoms with Gasteiger partial charge >= 0.3 is 0 Å². The van der Waals surface area contributed by atoms with Crippen molar-refractivity contribution in [3.05, 3.63) is 71.8 Å². The minimum absolute atomic E-state index is 0.0788. The number of alkyl halides is 3. The molecule has 0 amide bonds. The average Bonchev–Trinajstić information content (AvgIpc) is 3.11. The Labute approximate surface area is 388 Å². The van der Waals surface area contributed by atoms with Crippen LogP contribution in [0.5, 0.6) is 0 Å². The normalized spacial score (nSPS) is 13.6. The second-order valence-corrected chi connectivity index (χ2v) is 34.8. The number of hydrogen-bond donors (Lipinski definition) is 3. The molecule has 0 heterocycles. The van der Waals surface area contributed by atoms with Crippen LogP contribution in [0.2, 0.25) is 36.3 Å². The van der Waals surface area contributed by atoms with Crippen molar-refractivity contribution in [3.63, 3.8) is 0 Å². The number of unbranched alkanes of at least 4 members (excludes halogenated alkanes) is 1. The molecular formula is C42H80Cl4N6O4S2Si2. The number of halogens is 4. The van der Waals surface area contributed by atoms with Gasteiger partial charge in [0.1, 0.15) is 8.94 Å². The summed E-state index contributed by atoms with van der Waals surface area (Å²) in [4.78, 5) is 25.8. The first-order chi connectivity index (χ1) is 27.3. The Morgan fingerprint density at radius 1 is 0.717 bits per heavy atom. The first-order valence-corrected chi connectivity index (χ1v) is 32.3. The van der Waals surface area contributed by atoms with Gasteiger partial charge in [-0.25, -0.2) is 13.1 Å². The maximum Gasteiger partial charge on any atom is 0.194 e. The molecule has 18 heteroatoms. The van der Waals surface area contributed by atoms with E-state index < -0.39 is 39.6 Å². The summed E-state index contributed by atoms with van der Waals surface area (Å²) in [5.74, 6) is 0.271. The van der Waals surface area contributed by atoms with Crippen molar-refractivity contribution >= 4 is 92.4 Å². The van der Waals surface area contributed by atoms with E-state index in [9.17, 15) is 18.0 Å². The first kappa shape index (κ1) is 63.4. The molecule has 2 aromatic carbocycles. The van der Waals surface area contributed by atoms with Crippen molar-refractivity contribution in [1.82, 2.24) is 14.9 Å². The summed E-state index contributed by atoms with van der Waals surface area (Å²) in [7, 11) is -2.97. The Kier molecular flexibility index (Phi) is 33.7. The van der Waals surface area contributed by atoms with Gasteiger partial charge in [-0.15, -0.1) is 0 Å². The van der Waals surface area contributed by atoms with Gasteiger partial charge in [-0.2, -0.15) is 0 Å². The second-order valence-electron chi connectivity index (χ2n) is 17.1. The van der Waals surface area contributed by atoms with Crippen LogP contribution in [0.15, 0.2) is 68.7 Å². The van der Waals surface area contributed by atoms with Crippen LogP contribution in [0, 0.1) is 0 Å². The van der Waals surface area contributed by atoms with Crippen molar-refractivity contribution in [3.8, 4) is 0 Å². The average molecular weight is 995 g/mol. The molecule has 0 aliphatic heterocycles. The molecule has 0 saturated carbocycles. The molecule has 0 radical (unpaired) electrons. The molecule has 0 bridgehead atoms. The molecule has 60 heavy (non-hydrogen) atoms. The van der Waals surface area contributed by atoms with E-state index in [1.807, 2.05) is 60.7 Å². The van der Waals surface area contributed by atoms with Gasteiger partial charge in [0.2, 0.25) is 0 Å². The maximum absolute atomic E-state index is 12.7. The summed E-state index contributed by atoms with van der Waals surface area (Å²) in [6, 6.07) is 18.6. The van der Waals surface area contributed by atoms with Crippen molar-refractivity contribution in [2.45, 2.75) is 122 Å². The molecule has 350 valence electrons. The molecule has 2 unspecified atom stereocenters. The summed E-state index contributed by atoms with van der Waals surface area (Å²) < 4.78 is 35.2. The van der Waals surface area contributed by atoms with Gasteiger partial charge in [-0.1, -0.05) is 158 Å². The van der Waals surface area contributed by atoms with Crippen LogP contribution in [0.25, 0.3) is 0 Å². The third-order valence-corrected chi connectivity index (χ3v) is 24.9. The number of rotatable bonds is 17. The quantitative estimate of drug-likeness (QED) is 0.0470. The highest BCUT2D eigenvalue weighted by molar-refractivity contribution is 8.15. The SMILES string of the molecule is CC(C)(C)[Si](C)(C)N=S(C)(=O)Cl.CC(C)(C)[Si](C)(C)N=S(C)(=O)NCCCCC(=O)c1ccccc1.CCN(CC)CC.ClC(Cl)Cl.NCCNCC(=O)c1ccccc1. The van der Waals surface area contributed by atoms with Crippen LogP contribution in [-0.2, 0) is 18.9 Å². The fraction of sp³-hybridized carbons (Fsp3) is 0.667. The van der Waals surface area contributed by atoms with E-state index in [0.29, 0.717) is 32.6 Å². The van der Waals surface area contributed by atoms with E-state index in [1.54, 1.807) is 6.26 Å². The highest BCUT2D eigenvalue weighted by Crippen LogP contribution is 2.38. The molecule has 0 aliphatic carbocycles. The monoisotopic (exact) mass is 992 g/mol. The summed E-state index contributed by atoms with van der Waals surface area (Å²) in [5.41, 5.74) is 6.78. The molecule has 2 atom stereocenters. The predicted octanol–water partition coefficient (Wildman–Crippen LogP) is 11.6. The van der Waals surface area contributed by atoms with E-state index in [-0.39, 0.29) is 21.6 Å². The van der Waals surface area contributed by atoms with Crippen molar-refractivity contribution in [2.75, 3.05) is 58.3 Å². The maximum atomic E-state index is 12.7. The lowest BCUT2D eigenvalue weighted by Crippen LogP contribution is -2.38. The van der Waals surface area contributed by atoms with E-state index in [0.717, 1.165) is 24.0 Å². The fourth-order valence-corrected chi connectivity index (χ4v) is 15.6. The largest absolute Gasteiger partial charge is 0.329 e. The number of nitrogens with one attached hydrogen (secondary N) is 2. The Morgan fingerprint density at radius 2 is 1.10 bits per heavy atom. The zero-order valence-corrected chi connectivity index (χ0v) is 46.0. The zero-order chi connectivity index (χ0) is 47.4. The molecule has 2 aromatic rings. The summed E-state index contributed by atoms with van der Waals surface area (Å²) in [6.45, 7) is 33.6. The number of ketones is 2. The van der Waals surface area contributed by atoms with Gasteiger partial charge in [0, 0.05) is 49.7 Å². The Balaban J connectivity index is -0.000000763. The fourth-order valence-electron chi connectivity index (χ4n) is 4.29. The van der Waals surface area contributed by atoms with Crippen molar-refractivity contribution in [2.24, 2.45) is 13.8 Å². The minimum Gasteiger partial charge on any atom is -0.329 e. The molecule has 10 nitrogen and oxygen atoms in total. The minimum atomic E-state index is -2.46. The Hall–Kier alpha value is -0.886. The topological polar surface area (TPSA) is 146 Å². The highest BCUT2D eigenvalue weighted by Gasteiger charge is 2.37. The molecule has 0 saturated heterocycles. The van der Waals surface area contributed by atoms with Gasteiger partial charge in [0.05, 0.1) is 16.5 Å². The molecule has 0 fully saturated rings. The molecule has 2 rings (SSSR count). The number of carbonyl (C=O) groups is 2. The lowest BCUT2D eigenvalue weighted by molar-refractivity contribution is 0.0975. The third-order valence-electron chi connectivity index (χ3n) is 9.80. The Morgan fingerprint density at radius 3 is 1.42 bits per heavy atom. The van der Waals surface area contributed by atoms with E-state index in [4.69, 9.17) is 51.2 Å². The van der Waals surface area contributed by atoms with Crippen LogP contribution in [-0.4, -0.2) is 104 Å². The second kappa shape index (κ2) is 31.9. The van der Waals surface area contributed by atoms with Crippen molar-refractivity contribution < 1.29 is 18.0 Å². The van der Waals surface area contributed by atoms with Crippen LogP contribution in [0.1, 0.15) is 102 Å². The number of benzene rings is 2. The van der Waals surface area contributed by atoms with Gasteiger partial charge in [-0.3, -0.25) is 17.6 Å². The smallest absolute Gasteiger partial charge is 0.194 e. The first-order valence-electron chi connectivity index (χ1n) is 20.5. The van der Waals surface area contributed by atoms with Crippen LogP contribution in [0.3, 0.4) is 0 Å². The molecule has 0 aliphatic rings. The predicted molar refractivity (Wildman–Crippen MR) is 273 cm³/mol. The van der Waals surface area contributed by atoms with Crippen LogP contribution < -0.4 is 15.8 Å². The number of Topliss-reactive ketones (excluding diaryl/α,β-unsaturated/α-hetero) is 2.